The summed E-state index contributed by atoms with van der Waals surface area (Å²) in [7, 11) is 0. The van der Waals surface area contributed by atoms with E-state index in [4.69, 9.17) is 5.73 Å². The molecular weight excluding hydrogens is 388 g/mol. The van der Waals surface area contributed by atoms with Crippen molar-refractivity contribution in [3.8, 4) is 0 Å². The third-order valence-electron chi connectivity index (χ3n) is 5.52. The zero-order valence-corrected chi connectivity index (χ0v) is 16.7. The summed E-state index contributed by atoms with van der Waals surface area (Å²) in [4.78, 5) is 16.9. The lowest BCUT2D eigenvalue weighted by Crippen LogP contribution is -2.31. The highest BCUT2D eigenvalue weighted by molar-refractivity contribution is 6.01. The summed E-state index contributed by atoms with van der Waals surface area (Å²) < 4.78 is 25.6. The number of nitrogens with two attached hydrogens (primary N) is 1. The van der Waals surface area contributed by atoms with Gasteiger partial charge in [0.25, 0.3) is 5.91 Å². The number of anilines is 1. The van der Waals surface area contributed by atoms with Gasteiger partial charge in [-0.05, 0) is 55.7 Å². The predicted octanol–water partition coefficient (Wildman–Crippen LogP) is 3.07. The van der Waals surface area contributed by atoms with Crippen LogP contribution >= 0.6 is 0 Å². The maximum absolute atomic E-state index is 12.7. The summed E-state index contributed by atoms with van der Waals surface area (Å²) in [6.45, 7) is 3.56. The van der Waals surface area contributed by atoms with Gasteiger partial charge in [-0.15, -0.1) is 0 Å². The van der Waals surface area contributed by atoms with E-state index in [2.05, 4.69) is 22.1 Å². The maximum atomic E-state index is 12.7. The molecule has 5 rings (SSSR count). The Morgan fingerprint density at radius 1 is 1.03 bits per heavy atom. The van der Waals surface area contributed by atoms with Gasteiger partial charge >= 0.3 is 0 Å². The number of hydrogen-bond donors (Lipinski definition) is 1. The average molecular weight is 413 g/mol. The Morgan fingerprint density at radius 3 is 2.30 bits per heavy atom. The van der Waals surface area contributed by atoms with E-state index in [-0.39, 0.29) is 11.9 Å². The molecule has 1 aromatic carbocycles. The first kappa shape index (κ1) is 20.3. The van der Waals surface area contributed by atoms with E-state index in [1.807, 2.05) is 11.1 Å². The minimum atomic E-state index is -0.411. The molecule has 2 aromatic heterocycles. The number of aromatic nitrogens is 2. The summed E-state index contributed by atoms with van der Waals surface area (Å²) in [6.07, 6.45) is 6.97. The molecule has 0 saturated carbocycles. The first-order valence-corrected chi connectivity index (χ1v) is 10.2. The molecule has 2 aliphatic rings. The quantitative estimate of drug-likeness (QED) is 0.701. The lowest BCUT2D eigenvalue weighted by atomic mass is 10.2. The fourth-order valence-corrected chi connectivity index (χ4v) is 3.88. The first-order valence-electron chi connectivity index (χ1n) is 10.2. The summed E-state index contributed by atoms with van der Waals surface area (Å²) >= 11 is 0. The lowest BCUT2D eigenvalue weighted by Gasteiger charge is -2.18. The molecule has 3 aromatic rings. The van der Waals surface area contributed by atoms with Gasteiger partial charge in [0.05, 0.1) is 17.3 Å². The summed E-state index contributed by atoms with van der Waals surface area (Å²) in [5, 5.41) is 4.32. The van der Waals surface area contributed by atoms with Crippen molar-refractivity contribution in [2.75, 3.05) is 31.1 Å². The van der Waals surface area contributed by atoms with Crippen molar-refractivity contribution in [2.24, 2.45) is 5.73 Å². The molecule has 0 aliphatic carbocycles. The van der Waals surface area contributed by atoms with Gasteiger partial charge in [-0.3, -0.25) is 4.79 Å². The van der Waals surface area contributed by atoms with Gasteiger partial charge < -0.3 is 15.5 Å². The third kappa shape index (κ3) is 4.43. The van der Waals surface area contributed by atoms with E-state index in [9.17, 15) is 13.6 Å². The number of rotatable bonds is 2. The molecule has 2 N–H and O–H groups in total. The molecule has 2 saturated heterocycles. The highest BCUT2D eigenvalue weighted by Crippen LogP contribution is 2.24. The van der Waals surface area contributed by atoms with Crippen molar-refractivity contribution in [2.45, 2.75) is 25.3 Å². The molecule has 1 atom stereocenters. The van der Waals surface area contributed by atoms with Crippen molar-refractivity contribution in [3.63, 3.8) is 0 Å². The van der Waals surface area contributed by atoms with Crippen LogP contribution in [0.5, 0.6) is 0 Å². The number of hydrogen-bond acceptors (Lipinski definition) is 4. The summed E-state index contributed by atoms with van der Waals surface area (Å²) in [6, 6.07) is 8.58. The molecule has 6 nitrogen and oxygen atoms in total. The number of halogens is 2. The van der Waals surface area contributed by atoms with Crippen LogP contribution in [0.25, 0.3) is 5.52 Å². The molecule has 0 radical (unpaired) electrons. The van der Waals surface area contributed by atoms with E-state index < -0.39 is 11.6 Å². The molecule has 2 fully saturated rings. The SMILES string of the molecule is Fc1ccc(F)cc1.NC1CCN(C(=O)c2cnn3ccc(N4CCCC4)cc23)C1. The van der Waals surface area contributed by atoms with Gasteiger partial charge in [0, 0.05) is 44.1 Å². The third-order valence-corrected chi connectivity index (χ3v) is 5.52. The fraction of sp³-hybridized carbons (Fsp3) is 0.364. The van der Waals surface area contributed by atoms with Crippen molar-refractivity contribution < 1.29 is 13.6 Å². The minimum Gasteiger partial charge on any atom is -0.371 e. The van der Waals surface area contributed by atoms with Crippen molar-refractivity contribution >= 4 is 17.1 Å². The van der Waals surface area contributed by atoms with Crippen molar-refractivity contribution in [1.29, 1.82) is 0 Å². The Bertz CT molecular complexity index is 993. The molecule has 30 heavy (non-hydrogen) atoms. The molecule has 8 heteroatoms. The number of carbonyl (C=O) groups excluding carboxylic acids is 1. The molecule has 1 unspecified atom stereocenters. The minimum absolute atomic E-state index is 0.0431. The molecular formula is C22H25F2N5O. The molecule has 0 bridgehead atoms. The van der Waals surface area contributed by atoms with Crippen LogP contribution in [0.4, 0.5) is 14.5 Å². The Kier molecular flexibility index (Phi) is 5.94. The van der Waals surface area contributed by atoms with Crippen LogP contribution in [-0.4, -0.2) is 52.6 Å². The summed E-state index contributed by atoms with van der Waals surface area (Å²) in [5.41, 5.74) is 8.65. The standard InChI is InChI=1S/C16H21N5O.C6H4F2/c17-12-3-7-20(11-12)16(22)14-10-18-21-8-4-13(9-15(14)21)19-5-1-2-6-19;7-5-1-2-6(8)4-3-5/h4,8-10,12H,1-3,5-7,11,17H2;1-4H. The number of likely N-dealkylation sites (tertiary alicyclic amines) is 1. The second-order valence-corrected chi connectivity index (χ2v) is 7.70. The predicted molar refractivity (Wildman–Crippen MR) is 111 cm³/mol. The topological polar surface area (TPSA) is 66.9 Å². The Balaban J connectivity index is 0.000000230. The van der Waals surface area contributed by atoms with Gasteiger partial charge in [0.15, 0.2) is 0 Å². The van der Waals surface area contributed by atoms with E-state index in [1.54, 1.807) is 10.7 Å². The highest BCUT2D eigenvalue weighted by Gasteiger charge is 2.26. The Labute approximate surface area is 173 Å². The zero-order valence-electron chi connectivity index (χ0n) is 16.7. The van der Waals surface area contributed by atoms with Crippen LogP contribution in [0.2, 0.25) is 0 Å². The number of nitrogens with zero attached hydrogens (tertiary/aromatic N) is 4. The number of carbonyl (C=O) groups is 1. The molecule has 0 spiro atoms. The normalized spacial score (nSPS) is 18.6. The Hall–Kier alpha value is -3.00. The molecule has 158 valence electrons. The molecule has 1 amide bonds. The van der Waals surface area contributed by atoms with Crippen LogP contribution in [-0.2, 0) is 0 Å². The lowest BCUT2D eigenvalue weighted by molar-refractivity contribution is 0.0793. The second-order valence-electron chi connectivity index (χ2n) is 7.70. The van der Waals surface area contributed by atoms with Crippen molar-refractivity contribution in [1.82, 2.24) is 14.5 Å². The number of fused-ring (bicyclic) bond motifs is 1. The van der Waals surface area contributed by atoms with Crippen LogP contribution in [0.15, 0.2) is 48.8 Å². The monoisotopic (exact) mass is 413 g/mol. The summed E-state index contributed by atoms with van der Waals surface area (Å²) in [5.74, 6) is -0.778. The molecule has 2 aliphatic heterocycles. The largest absolute Gasteiger partial charge is 0.371 e. The average Bonchev–Trinajstić information content (AvgIpc) is 3.50. The van der Waals surface area contributed by atoms with Gasteiger partial charge in [-0.2, -0.15) is 5.10 Å². The second kappa shape index (κ2) is 8.79. The van der Waals surface area contributed by atoms with Gasteiger partial charge in [-0.1, -0.05) is 0 Å². The van der Waals surface area contributed by atoms with E-state index >= 15 is 0 Å². The van der Waals surface area contributed by atoms with Crippen LogP contribution in [0, 0.1) is 11.6 Å². The van der Waals surface area contributed by atoms with Crippen LogP contribution in [0.3, 0.4) is 0 Å². The number of amides is 1. The Morgan fingerprint density at radius 2 is 1.70 bits per heavy atom. The van der Waals surface area contributed by atoms with Gasteiger partial charge in [-0.25, -0.2) is 13.3 Å². The number of pyridine rings is 1. The zero-order chi connectivity index (χ0) is 21.1. The van der Waals surface area contributed by atoms with Crippen LogP contribution < -0.4 is 10.6 Å². The smallest absolute Gasteiger partial charge is 0.257 e. The molecule has 4 heterocycles. The fourth-order valence-electron chi connectivity index (χ4n) is 3.88. The van der Waals surface area contributed by atoms with E-state index in [0.29, 0.717) is 12.1 Å². The van der Waals surface area contributed by atoms with E-state index in [0.717, 1.165) is 55.8 Å². The van der Waals surface area contributed by atoms with E-state index in [1.165, 1.54) is 18.5 Å². The van der Waals surface area contributed by atoms with Gasteiger partial charge in [0.1, 0.15) is 11.6 Å². The van der Waals surface area contributed by atoms with Crippen molar-refractivity contribution in [3.05, 3.63) is 66.0 Å². The first-order chi connectivity index (χ1) is 14.5. The number of benzene rings is 1. The maximum Gasteiger partial charge on any atom is 0.257 e. The van der Waals surface area contributed by atoms with Gasteiger partial charge in [0.2, 0.25) is 0 Å². The highest BCUT2D eigenvalue weighted by atomic mass is 19.1. The van der Waals surface area contributed by atoms with Crippen LogP contribution in [0.1, 0.15) is 29.6 Å².